The van der Waals surface area contributed by atoms with Gasteiger partial charge in [0.1, 0.15) is 0 Å². The lowest BCUT2D eigenvalue weighted by Gasteiger charge is -2.01. The van der Waals surface area contributed by atoms with E-state index in [1.54, 1.807) is 0 Å². The van der Waals surface area contributed by atoms with E-state index in [0.717, 1.165) is 0 Å². The van der Waals surface area contributed by atoms with E-state index in [-0.39, 0.29) is 0 Å². The first kappa shape index (κ1) is 10.5. The third-order valence-electron chi connectivity index (χ3n) is 3.28. The molecule has 3 aromatic rings. The molecule has 17 heavy (non-hydrogen) atoms. The second kappa shape index (κ2) is 4.01. The molecule has 0 fully saturated rings. The molecule has 1 aromatic heterocycles. The molecule has 0 bridgehead atoms. The van der Waals surface area contributed by atoms with Crippen molar-refractivity contribution in [3.8, 4) is 11.1 Å². The van der Waals surface area contributed by atoms with Crippen molar-refractivity contribution in [1.82, 2.24) is 0 Å². The Morgan fingerprint density at radius 2 is 1.59 bits per heavy atom. The molecule has 0 N–H and O–H groups in total. The Bertz CT molecular complexity index is 663. The van der Waals surface area contributed by atoms with E-state index in [0.29, 0.717) is 0 Å². The summed E-state index contributed by atoms with van der Waals surface area (Å²) in [6.45, 7) is 4.40. The van der Waals surface area contributed by atoms with Crippen molar-refractivity contribution in [3.05, 3.63) is 59.0 Å². The Balaban J connectivity index is 2.21. The van der Waals surface area contributed by atoms with E-state index in [4.69, 9.17) is 0 Å². The maximum atomic E-state index is 2.30. The first-order valence-electron chi connectivity index (χ1n) is 5.81. The van der Waals surface area contributed by atoms with Crippen molar-refractivity contribution in [2.75, 3.05) is 0 Å². The van der Waals surface area contributed by atoms with Crippen LogP contribution in [-0.2, 0) is 0 Å². The van der Waals surface area contributed by atoms with E-state index >= 15 is 0 Å². The van der Waals surface area contributed by atoms with Crippen LogP contribution in [0.15, 0.2) is 48.5 Å². The van der Waals surface area contributed by atoms with E-state index in [1.807, 2.05) is 11.3 Å². The molecule has 3 rings (SSSR count). The van der Waals surface area contributed by atoms with Crippen molar-refractivity contribution >= 4 is 21.4 Å². The molecule has 0 saturated heterocycles. The first-order chi connectivity index (χ1) is 8.25. The number of hydrogen-bond acceptors (Lipinski definition) is 1. The topological polar surface area (TPSA) is 0 Å². The van der Waals surface area contributed by atoms with Crippen LogP contribution < -0.4 is 0 Å². The highest BCUT2D eigenvalue weighted by atomic mass is 32.1. The van der Waals surface area contributed by atoms with Gasteiger partial charge in [0, 0.05) is 9.58 Å². The SMILES string of the molecule is Cc1sc2cc(-c3ccccc3)ccc2c1C. The lowest BCUT2D eigenvalue weighted by Crippen LogP contribution is -1.76. The summed E-state index contributed by atoms with van der Waals surface area (Å²) in [7, 11) is 0. The molecule has 84 valence electrons. The molecule has 0 aliphatic heterocycles. The van der Waals surface area contributed by atoms with Gasteiger partial charge in [-0.05, 0) is 42.0 Å². The molecule has 0 radical (unpaired) electrons. The summed E-state index contributed by atoms with van der Waals surface area (Å²) in [5.41, 5.74) is 4.02. The van der Waals surface area contributed by atoms with Crippen LogP contribution in [0.2, 0.25) is 0 Å². The summed E-state index contributed by atoms with van der Waals surface area (Å²) in [5, 5.41) is 1.40. The summed E-state index contributed by atoms with van der Waals surface area (Å²) < 4.78 is 1.39. The molecular weight excluding hydrogens is 224 g/mol. The first-order valence-corrected chi connectivity index (χ1v) is 6.62. The summed E-state index contributed by atoms with van der Waals surface area (Å²) in [5.74, 6) is 0. The molecule has 0 nitrogen and oxygen atoms in total. The van der Waals surface area contributed by atoms with Gasteiger partial charge in [-0.3, -0.25) is 0 Å². The zero-order valence-corrected chi connectivity index (χ0v) is 10.8. The Kier molecular flexibility index (Phi) is 2.49. The zero-order chi connectivity index (χ0) is 11.8. The van der Waals surface area contributed by atoms with Gasteiger partial charge in [0.25, 0.3) is 0 Å². The highest BCUT2D eigenvalue weighted by molar-refractivity contribution is 7.19. The highest BCUT2D eigenvalue weighted by Gasteiger charge is 2.06. The van der Waals surface area contributed by atoms with Gasteiger partial charge < -0.3 is 0 Å². The van der Waals surface area contributed by atoms with Crippen molar-refractivity contribution in [3.63, 3.8) is 0 Å². The second-order valence-electron chi connectivity index (χ2n) is 4.36. The Morgan fingerprint density at radius 3 is 2.35 bits per heavy atom. The Labute approximate surface area is 106 Å². The maximum Gasteiger partial charge on any atom is 0.0354 e. The van der Waals surface area contributed by atoms with E-state index in [9.17, 15) is 0 Å². The molecule has 0 atom stereocenters. The Morgan fingerprint density at radius 1 is 0.824 bits per heavy atom. The fraction of sp³-hybridized carbons (Fsp3) is 0.125. The monoisotopic (exact) mass is 238 g/mol. The molecule has 1 heterocycles. The predicted molar refractivity (Wildman–Crippen MR) is 76.7 cm³/mol. The van der Waals surface area contributed by atoms with Crippen LogP contribution in [0.5, 0.6) is 0 Å². The van der Waals surface area contributed by atoms with Crippen molar-refractivity contribution < 1.29 is 0 Å². The average Bonchev–Trinajstić information content (AvgIpc) is 2.66. The molecule has 0 saturated carbocycles. The van der Waals surface area contributed by atoms with E-state index in [1.165, 1.54) is 31.7 Å². The lowest BCUT2D eigenvalue weighted by molar-refractivity contribution is 1.47. The number of thiophene rings is 1. The van der Waals surface area contributed by atoms with Gasteiger partial charge in [-0.25, -0.2) is 0 Å². The van der Waals surface area contributed by atoms with Crippen LogP contribution in [0.1, 0.15) is 10.4 Å². The number of hydrogen-bond donors (Lipinski definition) is 0. The summed E-state index contributed by atoms with van der Waals surface area (Å²) in [6.07, 6.45) is 0. The average molecular weight is 238 g/mol. The molecule has 0 spiro atoms. The van der Waals surface area contributed by atoms with Gasteiger partial charge in [-0.15, -0.1) is 11.3 Å². The normalized spacial score (nSPS) is 10.9. The van der Waals surface area contributed by atoms with Crippen LogP contribution >= 0.6 is 11.3 Å². The van der Waals surface area contributed by atoms with Crippen molar-refractivity contribution in [2.24, 2.45) is 0 Å². The number of benzene rings is 2. The summed E-state index contributed by atoms with van der Waals surface area (Å²) in [6, 6.07) is 17.3. The quantitative estimate of drug-likeness (QED) is 0.547. The minimum atomic E-state index is 1.29. The van der Waals surface area contributed by atoms with Crippen molar-refractivity contribution in [1.29, 1.82) is 0 Å². The van der Waals surface area contributed by atoms with Gasteiger partial charge >= 0.3 is 0 Å². The van der Waals surface area contributed by atoms with Crippen molar-refractivity contribution in [2.45, 2.75) is 13.8 Å². The third kappa shape index (κ3) is 1.77. The highest BCUT2D eigenvalue weighted by Crippen LogP contribution is 2.33. The van der Waals surface area contributed by atoms with E-state index in [2.05, 4.69) is 62.4 Å². The van der Waals surface area contributed by atoms with Gasteiger partial charge in [0.05, 0.1) is 0 Å². The maximum absolute atomic E-state index is 2.30. The molecule has 1 heteroatoms. The minimum Gasteiger partial charge on any atom is -0.140 e. The predicted octanol–water partition coefficient (Wildman–Crippen LogP) is 5.19. The van der Waals surface area contributed by atoms with Crippen LogP contribution in [-0.4, -0.2) is 0 Å². The Hall–Kier alpha value is -1.60. The van der Waals surface area contributed by atoms with E-state index < -0.39 is 0 Å². The summed E-state index contributed by atoms with van der Waals surface area (Å²) >= 11 is 1.89. The lowest BCUT2D eigenvalue weighted by atomic mass is 10.0. The zero-order valence-electron chi connectivity index (χ0n) is 10.0. The number of fused-ring (bicyclic) bond motifs is 1. The fourth-order valence-corrected chi connectivity index (χ4v) is 3.27. The minimum absolute atomic E-state index is 1.29. The second-order valence-corrected chi connectivity index (χ2v) is 5.62. The molecule has 0 aliphatic rings. The van der Waals surface area contributed by atoms with Crippen LogP contribution in [0.4, 0.5) is 0 Å². The molecule has 2 aromatic carbocycles. The molecular formula is C16H14S. The number of aryl methyl sites for hydroxylation is 2. The molecule has 0 aliphatic carbocycles. The smallest absolute Gasteiger partial charge is 0.0354 e. The molecule has 0 amide bonds. The van der Waals surface area contributed by atoms with Crippen LogP contribution in [0, 0.1) is 13.8 Å². The van der Waals surface area contributed by atoms with Gasteiger partial charge in [0.2, 0.25) is 0 Å². The standard InChI is InChI=1S/C16H14S/c1-11-12(2)17-16-10-14(8-9-15(11)16)13-6-4-3-5-7-13/h3-10H,1-2H3. The molecule has 0 unspecified atom stereocenters. The van der Waals surface area contributed by atoms with Crippen LogP contribution in [0.3, 0.4) is 0 Å². The third-order valence-corrected chi connectivity index (χ3v) is 4.45. The number of rotatable bonds is 1. The largest absolute Gasteiger partial charge is 0.140 e. The summed E-state index contributed by atoms with van der Waals surface area (Å²) in [4.78, 5) is 1.42. The van der Waals surface area contributed by atoms with Gasteiger partial charge in [0.15, 0.2) is 0 Å². The van der Waals surface area contributed by atoms with Gasteiger partial charge in [-0.2, -0.15) is 0 Å². The van der Waals surface area contributed by atoms with Crippen LogP contribution in [0.25, 0.3) is 21.2 Å². The van der Waals surface area contributed by atoms with Gasteiger partial charge in [-0.1, -0.05) is 42.5 Å². The fourth-order valence-electron chi connectivity index (χ4n) is 2.16.